The van der Waals surface area contributed by atoms with E-state index < -0.39 is 23.4 Å². The highest BCUT2D eigenvalue weighted by Crippen LogP contribution is 2.46. The Kier molecular flexibility index (Phi) is 5.53. The number of rotatable bonds is 4. The maximum atomic E-state index is 14.5. The molecule has 1 aromatic heterocycles. The van der Waals surface area contributed by atoms with Gasteiger partial charge in [0.1, 0.15) is 11.6 Å². The quantitative estimate of drug-likeness (QED) is 0.386. The second-order valence-electron chi connectivity index (χ2n) is 8.28. The third kappa shape index (κ3) is 3.70. The Labute approximate surface area is 192 Å². The van der Waals surface area contributed by atoms with Crippen LogP contribution in [0.2, 0.25) is 0 Å². The Morgan fingerprint density at radius 1 is 0.941 bits per heavy atom. The van der Waals surface area contributed by atoms with Crippen molar-refractivity contribution < 1.29 is 32.9 Å². The summed E-state index contributed by atoms with van der Waals surface area (Å²) in [6, 6.07) is 11.8. The van der Waals surface area contributed by atoms with E-state index in [-0.39, 0.29) is 22.9 Å². The third-order valence-corrected chi connectivity index (χ3v) is 6.25. The summed E-state index contributed by atoms with van der Waals surface area (Å²) in [4.78, 5) is 11.4. The number of fused-ring (bicyclic) bond motifs is 1. The first-order valence-electron chi connectivity index (χ1n) is 10.8. The lowest BCUT2D eigenvalue weighted by atomic mass is 9.87. The Bertz CT molecular complexity index is 1410. The van der Waals surface area contributed by atoms with Gasteiger partial charge in [0.15, 0.2) is 11.6 Å². The zero-order valence-electron chi connectivity index (χ0n) is 17.9. The number of aromatic carboxylic acids is 1. The van der Waals surface area contributed by atoms with Crippen molar-refractivity contribution in [3.8, 4) is 22.7 Å². The van der Waals surface area contributed by atoms with Crippen LogP contribution in [0.3, 0.4) is 0 Å². The number of hydrogen-bond donors (Lipinski definition) is 2. The molecule has 5 nitrogen and oxygen atoms in total. The maximum absolute atomic E-state index is 14.5. The van der Waals surface area contributed by atoms with Crippen LogP contribution in [0.25, 0.3) is 27.8 Å². The number of ether oxygens (including phenoxy) is 1. The van der Waals surface area contributed by atoms with Gasteiger partial charge < -0.3 is 19.5 Å². The average molecular weight is 467 g/mol. The van der Waals surface area contributed by atoms with E-state index in [1.165, 1.54) is 24.3 Å². The number of nitrogens with zero attached hydrogens (tertiary/aromatic N) is 1. The molecular weight excluding hydrogens is 447 g/mol. The molecule has 0 spiro atoms. The van der Waals surface area contributed by atoms with Gasteiger partial charge in [0.25, 0.3) is 0 Å². The van der Waals surface area contributed by atoms with E-state index in [1.807, 2.05) is 0 Å². The zero-order chi connectivity index (χ0) is 24.0. The molecule has 8 heteroatoms. The van der Waals surface area contributed by atoms with E-state index in [1.54, 1.807) is 16.7 Å². The van der Waals surface area contributed by atoms with Crippen molar-refractivity contribution in [3.63, 3.8) is 0 Å². The normalized spacial score (nSPS) is 14.6. The largest absolute Gasteiger partial charge is 0.507 e. The third-order valence-electron chi connectivity index (χ3n) is 6.25. The molecule has 0 bridgehead atoms. The molecule has 2 heterocycles. The first kappa shape index (κ1) is 22.0. The van der Waals surface area contributed by atoms with Gasteiger partial charge in [-0.3, -0.25) is 0 Å². The molecule has 174 valence electrons. The molecule has 1 aliphatic heterocycles. The first-order chi connectivity index (χ1) is 16.3. The summed E-state index contributed by atoms with van der Waals surface area (Å²) < 4.78 is 49.6. The van der Waals surface area contributed by atoms with E-state index in [9.17, 15) is 28.2 Å². The van der Waals surface area contributed by atoms with E-state index in [2.05, 4.69) is 0 Å². The van der Waals surface area contributed by atoms with E-state index in [0.29, 0.717) is 48.2 Å². The summed E-state index contributed by atoms with van der Waals surface area (Å²) in [5.74, 6) is -4.18. The number of hydrogen-bond acceptors (Lipinski definition) is 3. The Morgan fingerprint density at radius 3 is 2.29 bits per heavy atom. The van der Waals surface area contributed by atoms with E-state index >= 15 is 0 Å². The van der Waals surface area contributed by atoms with Crippen LogP contribution in [0, 0.1) is 17.5 Å². The smallest absolute Gasteiger partial charge is 0.335 e. The minimum atomic E-state index is -1.09. The van der Waals surface area contributed by atoms with Crippen LogP contribution in [0.15, 0.2) is 54.6 Å². The highest BCUT2D eigenvalue weighted by Gasteiger charge is 2.29. The van der Waals surface area contributed by atoms with Gasteiger partial charge >= 0.3 is 5.97 Å². The summed E-state index contributed by atoms with van der Waals surface area (Å²) in [5, 5.41) is 20.5. The molecule has 0 saturated carbocycles. The van der Waals surface area contributed by atoms with Crippen LogP contribution in [0.1, 0.15) is 34.7 Å². The molecule has 1 aliphatic rings. The van der Waals surface area contributed by atoms with Gasteiger partial charge in [-0.2, -0.15) is 0 Å². The summed E-state index contributed by atoms with van der Waals surface area (Å²) >= 11 is 0. The lowest BCUT2D eigenvalue weighted by Crippen LogP contribution is -2.15. The van der Waals surface area contributed by atoms with Crippen LogP contribution >= 0.6 is 0 Å². The molecule has 1 saturated heterocycles. The second kappa shape index (κ2) is 8.53. The number of phenolic OH excluding ortho intramolecular Hbond substituents is 1. The molecule has 4 aromatic rings. The lowest BCUT2D eigenvalue weighted by Gasteiger charge is -2.24. The van der Waals surface area contributed by atoms with Gasteiger partial charge in [-0.05, 0) is 60.2 Å². The summed E-state index contributed by atoms with van der Waals surface area (Å²) in [7, 11) is 0. The summed E-state index contributed by atoms with van der Waals surface area (Å²) in [6.07, 6.45) is 1.29. The highest BCUT2D eigenvalue weighted by atomic mass is 19.2. The Hall–Kier alpha value is -3.78. The monoisotopic (exact) mass is 467 g/mol. The van der Waals surface area contributed by atoms with Gasteiger partial charge in [0.05, 0.1) is 16.8 Å². The van der Waals surface area contributed by atoms with E-state index in [4.69, 9.17) is 4.74 Å². The molecule has 0 aliphatic carbocycles. The minimum absolute atomic E-state index is 0.0618. The lowest BCUT2D eigenvalue weighted by molar-refractivity contribution is 0.0697. The molecule has 3 aromatic carbocycles. The molecule has 5 rings (SSSR count). The molecule has 2 N–H and O–H groups in total. The van der Waals surface area contributed by atoms with Crippen molar-refractivity contribution in [2.24, 2.45) is 0 Å². The SMILES string of the molecule is O=C(O)c1ccc(-c2c(C3CCOCC3)c3c(O)cc(F)cc3n2-c2ccc(F)c(F)c2)cc1. The van der Waals surface area contributed by atoms with Crippen molar-refractivity contribution in [1.82, 2.24) is 4.57 Å². The fourth-order valence-corrected chi connectivity index (χ4v) is 4.72. The number of aromatic nitrogens is 1. The number of aromatic hydroxyl groups is 1. The molecule has 0 amide bonds. The molecular formula is C26H20F3NO4. The zero-order valence-corrected chi connectivity index (χ0v) is 17.9. The highest BCUT2D eigenvalue weighted by molar-refractivity contribution is 5.98. The Morgan fingerprint density at radius 2 is 1.65 bits per heavy atom. The van der Waals surface area contributed by atoms with E-state index in [0.717, 1.165) is 23.8 Å². The molecule has 34 heavy (non-hydrogen) atoms. The molecule has 1 fully saturated rings. The van der Waals surface area contributed by atoms with Crippen molar-refractivity contribution in [1.29, 1.82) is 0 Å². The first-order valence-corrected chi connectivity index (χ1v) is 10.8. The number of halogens is 3. The van der Waals surface area contributed by atoms with Crippen LogP contribution in [-0.4, -0.2) is 34.0 Å². The standard InChI is InChI=1S/C26H20F3NO4/c27-17-11-21-24(22(31)12-17)23(14-7-9-34-10-8-14)25(15-1-3-16(4-2-15)26(32)33)30(21)18-5-6-19(28)20(29)13-18/h1-6,11-14,31H,7-10H2,(H,32,33). The summed E-state index contributed by atoms with van der Waals surface area (Å²) in [6.45, 7) is 1.00. The second-order valence-corrected chi connectivity index (χ2v) is 8.28. The van der Waals surface area contributed by atoms with Crippen molar-refractivity contribution >= 4 is 16.9 Å². The number of benzene rings is 3. The van der Waals surface area contributed by atoms with Crippen molar-refractivity contribution in [3.05, 3.63) is 83.2 Å². The molecule has 0 radical (unpaired) electrons. The van der Waals surface area contributed by atoms with Gasteiger partial charge in [-0.15, -0.1) is 0 Å². The predicted octanol–water partition coefficient (Wildman–Crippen LogP) is 6.01. The number of carbonyl (C=O) groups is 1. The van der Waals surface area contributed by atoms with Gasteiger partial charge in [0.2, 0.25) is 0 Å². The number of phenols is 1. The number of carboxylic acid groups (broad SMARTS) is 1. The fraction of sp³-hybridized carbons (Fsp3) is 0.192. The molecule has 0 atom stereocenters. The fourth-order valence-electron chi connectivity index (χ4n) is 4.72. The van der Waals surface area contributed by atoms with Crippen molar-refractivity contribution in [2.45, 2.75) is 18.8 Å². The van der Waals surface area contributed by atoms with Crippen LogP contribution in [0.4, 0.5) is 13.2 Å². The minimum Gasteiger partial charge on any atom is -0.507 e. The van der Waals surface area contributed by atoms with Crippen LogP contribution in [0.5, 0.6) is 5.75 Å². The molecule has 0 unspecified atom stereocenters. The number of carboxylic acids is 1. The Balaban J connectivity index is 1.90. The van der Waals surface area contributed by atoms with Gasteiger partial charge in [0, 0.05) is 36.4 Å². The summed E-state index contributed by atoms with van der Waals surface area (Å²) in [5.41, 5.74) is 2.48. The topological polar surface area (TPSA) is 71.7 Å². The van der Waals surface area contributed by atoms with Crippen molar-refractivity contribution in [2.75, 3.05) is 13.2 Å². The van der Waals surface area contributed by atoms with Gasteiger partial charge in [-0.25, -0.2) is 18.0 Å². The maximum Gasteiger partial charge on any atom is 0.335 e. The van der Waals surface area contributed by atoms with Crippen LogP contribution in [-0.2, 0) is 4.74 Å². The van der Waals surface area contributed by atoms with Crippen LogP contribution < -0.4 is 0 Å². The predicted molar refractivity (Wildman–Crippen MR) is 120 cm³/mol. The van der Waals surface area contributed by atoms with Gasteiger partial charge in [-0.1, -0.05) is 12.1 Å². The average Bonchev–Trinajstić information content (AvgIpc) is 3.16.